The van der Waals surface area contributed by atoms with Crippen LogP contribution in [0.2, 0.25) is 0 Å². The van der Waals surface area contributed by atoms with Gasteiger partial charge in [-0.3, -0.25) is 9.69 Å². The lowest BCUT2D eigenvalue weighted by atomic mass is 10.0. The molecular formula is C22H30N4O3. The van der Waals surface area contributed by atoms with Crippen LogP contribution >= 0.6 is 0 Å². The molecule has 0 aliphatic carbocycles. The zero-order chi connectivity index (χ0) is 21.2. The Morgan fingerprint density at radius 2 is 1.86 bits per heavy atom. The predicted octanol–water partition coefficient (Wildman–Crippen LogP) is 3.30. The Kier molecular flexibility index (Phi) is 8.61. The zero-order valence-corrected chi connectivity index (χ0v) is 17.3. The van der Waals surface area contributed by atoms with Crippen LogP contribution < -0.4 is 15.5 Å². The molecule has 156 valence electrons. The maximum Gasteiger partial charge on any atom is 0.322 e. The van der Waals surface area contributed by atoms with Crippen LogP contribution in [-0.2, 0) is 11.2 Å². The molecule has 0 saturated carbocycles. The SMILES string of the molecule is CCCCCNC(=O)N(C)c1cccc(-c2ccc(CC(NC)C(=O)O)cc2)n1. The van der Waals surface area contributed by atoms with Crippen LogP contribution in [0, 0.1) is 0 Å². The normalized spacial score (nSPS) is 11.7. The van der Waals surface area contributed by atoms with Gasteiger partial charge in [0.25, 0.3) is 0 Å². The number of likely N-dealkylation sites (N-methyl/N-ethyl adjacent to an activating group) is 1. The molecule has 0 fully saturated rings. The topological polar surface area (TPSA) is 94.6 Å². The smallest absolute Gasteiger partial charge is 0.322 e. The van der Waals surface area contributed by atoms with Crippen molar-refractivity contribution >= 4 is 17.8 Å². The number of nitrogens with zero attached hydrogens (tertiary/aromatic N) is 2. The van der Waals surface area contributed by atoms with E-state index >= 15 is 0 Å². The monoisotopic (exact) mass is 398 g/mol. The molecule has 2 aromatic rings. The Morgan fingerprint density at radius 1 is 1.14 bits per heavy atom. The lowest BCUT2D eigenvalue weighted by Gasteiger charge is -2.18. The van der Waals surface area contributed by atoms with Gasteiger partial charge >= 0.3 is 12.0 Å². The molecule has 0 aliphatic heterocycles. The fourth-order valence-electron chi connectivity index (χ4n) is 2.92. The Morgan fingerprint density at radius 3 is 2.48 bits per heavy atom. The molecule has 2 amide bonds. The molecule has 3 N–H and O–H groups in total. The molecule has 1 aromatic carbocycles. The summed E-state index contributed by atoms with van der Waals surface area (Å²) in [5, 5.41) is 14.9. The van der Waals surface area contributed by atoms with E-state index < -0.39 is 12.0 Å². The van der Waals surface area contributed by atoms with Crippen LogP contribution in [0.1, 0.15) is 31.7 Å². The average Bonchev–Trinajstić information content (AvgIpc) is 2.74. The van der Waals surface area contributed by atoms with Crippen LogP contribution in [0.25, 0.3) is 11.3 Å². The first-order valence-electron chi connectivity index (χ1n) is 9.94. The molecule has 0 radical (unpaired) electrons. The summed E-state index contributed by atoms with van der Waals surface area (Å²) in [5.74, 6) is -0.303. The molecule has 0 spiro atoms. The van der Waals surface area contributed by atoms with E-state index in [-0.39, 0.29) is 6.03 Å². The Labute approximate surface area is 172 Å². The van der Waals surface area contributed by atoms with Crippen LogP contribution in [0.15, 0.2) is 42.5 Å². The Bertz CT molecular complexity index is 808. The first-order valence-corrected chi connectivity index (χ1v) is 9.94. The van der Waals surface area contributed by atoms with Crippen LogP contribution in [0.4, 0.5) is 10.6 Å². The van der Waals surface area contributed by atoms with E-state index in [4.69, 9.17) is 5.11 Å². The maximum absolute atomic E-state index is 12.3. The van der Waals surface area contributed by atoms with E-state index in [2.05, 4.69) is 22.5 Å². The Hall–Kier alpha value is -2.93. The Balaban J connectivity index is 2.06. The minimum atomic E-state index is -0.873. The third kappa shape index (κ3) is 6.57. The summed E-state index contributed by atoms with van der Waals surface area (Å²) >= 11 is 0. The molecule has 1 atom stereocenters. The van der Waals surface area contributed by atoms with Crippen molar-refractivity contribution in [2.75, 3.05) is 25.5 Å². The highest BCUT2D eigenvalue weighted by molar-refractivity contribution is 5.90. The molecule has 1 aromatic heterocycles. The zero-order valence-electron chi connectivity index (χ0n) is 17.3. The fourth-order valence-corrected chi connectivity index (χ4v) is 2.92. The van der Waals surface area contributed by atoms with Gasteiger partial charge in [0.1, 0.15) is 11.9 Å². The van der Waals surface area contributed by atoms with Crippen molar-refractivity contribution in [3.05, 3.63) is 48.0 Å². The van der Waals surface area contributed by atoms with Crippen LogP contribution in [0.3, 0.4) is 0 Å². The minimum Gasteiger partial charge on any atom is -0.480 e. The number of carboxylic acids is 1. The van der Waals surface area contributed by atoms with E-state index in [9.17, 15) is 9.59 Å². The standard InChI is InChI=1S/C22H30N4O3/c1-4-5-6-14-24-22(29)26(3)20-9-7-8-18(25-20)17-12-10-16(11-13-17)15-19(23-2)21(27)28/h7-13,19,23H,4-6,14-15H2,1-3H3,(H,24,29)(H,27,28). The van der Waals surface area contributed by atoms with Crippen molar-refractivity contribution in [3.63, 3.8) is 0 Å². The minimum absolute atomic E-state index is 0.173. The van der Waals surface area contributed by atoms with E-state index in [1.165, 1.54) is 4.90 Å². The van der Waals surface area contributed by atoms with Gasteiger partial charge in [-0.05, 0) is 37.6 Å². The molecule has 0 aliphatic rings. The number of carbonyl (C=O) groups is 2. The fraction of sp³-hybridized carbons (Fsp3) is 0.409. The summed E-state index contributed by atoms with van der Waals surface area (Å²) < 4.78 is 0. The van der Waals surface area contributed by atoms with Crippen molar-refractivity contribution in [2.45, 2.75) is 38.6 Å². The number of rotatable bonds is 10. The van der Waals surface area contributed by atoms with Gasteiger partial charge in [0.15, 0.2) is 0 Å². The summed E-state index contributed by atoms with van der Waals surface area (Å²) in [6.45, 7) is 2.78. The van der Waals surface area contributed by atoms with E-state index in [1.807, 2.05) is 36.4 Å². The number of aliphatic carboxylic acids is 1. The summed E-state index contributed by atoms with van der Waals surface area (Å²) in [6.07, 6.45) is 3.57. The number of hydrogen-bond acceptors (Lipinski definition) is 4. The number of nitrogens with one attached hydrogen (secondary N) is 2. The van der Waals surface area contributed by atoms with Crippen LogP contribution in [-0.4, -0.2) is 48.8 Å². The van der Waals surface area contributed by atoms with Gasteiger partial charge in [0, 0.05) is 19.2 Å². The first-order chi connectivity index (χ1) is 14.0. The number of amides is 2. The number of urea groups is 1. The van der Waals surface area contributed by atoms with Gasteiger partial charge in [-0.1, -0.05) is 50.1 Å². The second kappa shape index (κ2) is 11.2. The van der Waals surface area contributed by atoms with Gasteiger partial charge in [0.05, 0.1) is 5.69 Å². The molecule has 1 heterocycles. The van der Waals surface area contributed by atoms with Crippen molar-refractivity contribution in [3.8, 4) is 11.3 Å². The number of carbonyl (C=O) groups excluding carboxylic acids is 1. The predicted molar refractivity (Wildman–Crippen MR) is 115 cm³/mol. The molecule has 29 heavy (non-hydrogen) atoms. The third-order valence-corrected chi connectivity index (χ3v) is 4.78. The molecule has 0 saturated heterocycles. The number of aromatic nitrogens is 1. The first kappa shape index (κ1) is 22.4. The van der Waals surface area contributed by atoms with Crippen LogP contribution in [0.5, 0.6) is 0 Å². The highest BCUT2D eigenvalue weighted by Crippen LogP contribution is 2.21. The number of benzene rings is 1. The molecule has 7 nitrogen and oxygen atoms in total. The number of carboxylic acid groups (broad SMARTS) is 1. The lowest BCUT2D eigenvalue weighted by molar-refractivity contribution is -0.139. The number of unbranched alkanes of at least 4 members (excludes halogenated alkanes) is 2. The number of pyridine rings is 1. The van der Waals surface area contributed by atoms with Crippen molar-refractivity contribution in [1.29, 1.82) is 0 Å². The molecule has 0 bridgehead atoms. The average molecular weight is 399 g/mol. The van der Waals surface area contributed by atoms with Crippen molar-refractivity contribution < 1.29 is 14.7 Å². The number of hydrogen-bond donors (Lipinski definition) is 3. The molecule has 1 unspecified atom stereocenters. The molecule has 7 heteroatoms. The lowest BCUT2D eigenvalue weighted by Crippen LogP contribution is -2.38. The van der Waals surface area contributed by atoms with Gasteiger partial charge in [-0.15, -0.1) is 0 Å². The van der Waals surface area contributed by atoms with Gasteiger partial charge in [-0.25, -0.2) is 9.78 Å². The van der Waals surface area contributed by atoms with E-state index in [0.29, 0.717) is 18.8 Å². The second-order valence-electron chi connectivity index (χ2n) is 6.96. The van der Waals surface area contributed by atoms with Gasteiger partial charge in [0.2, 0.25) is 0 Å². The highest BCUT2D eigenvalue weighted by atomic mass is 16.4. The summed E-state index contributed by atoms with van der Waals surface area (Å²) in [6, 6.07) is 12.4. The molecule has 2 rings (SSSR count). The highest BCUT2D eigenvalue weighted by Gasteiger charge is 2.16. The van der Waals surface area contributed by atoms with E-state index in [1.54, 1.807) is 20.2 Å². The second-order valence-corrected chi connectivity index (χ2v) is 6.96. The summed E-state index contributed by atoms with van der Waals surface area (Å²) in [5.41, 5.74) is 2.59. The largest absolute Gasteiger partial charge is 0.480 e. The van der Waals surface area contributed by atoms with Crippen molar-refractivity contribution in [2.24, 2.45) is 0 Å². The van der Waals surface area contributed by atoms with Gasteiger partial charge in [-0.2, -0.15) is 0 Å². The molecular weight excluding hydrogens is 368 g/mol. The van der Waals surface area contributed by atoms with Crippen molar-refractivity contribution in [1.82, 2.24) is 15.6 Å². The summed E-state index contributed by atoms with van der Waals surface area (Å²) in [7, 11) is 3.34. The number of anilines is 1. The summed E-state index contributed by atoms with van der Waals surface area (Å²) in [4.78, 5) is 29.6. The van der Waals surface area contributed by atoms with E-state index in [0.717, 1.165) is 36.1 Å². The third-order valence-electron chi connectivity index (χ3n) is 4.78. The van der Waals surface area contributed by atoms with Gasteiger partial charge < -0.3 is 15.7 Å². The maximum atomic E-state index is 12.3. The quantitative estimate of drug-likeness (QED) is 0.534.